The van der Waals surface area contributed by atoms with Gasteiger partial charge in [0.2, 0.25) is 0 Å². The Labute approximate surface area is 195 Å². The van der Waals surface area contributed by atoms with Crippen LogP contribution >= 0.6 is 23.2 Å². The second-order valence-corrected chi connectivity index (χ2v) is 7.15. The molecule has 2 aromatic carbocycles. The number of carbonyl (C=O) groups excluding carboxylic acids is 3. The van der Waals surface area contributed by atoms with Gasteiger partial charge in [0, 0.05) is 12.2 Å². The topological polar surface area (TPSA) is 118 Å². The van der Waals surface area contributed by atoms with Crippen molar-refractivity contribution in [2.24, 2.45) is 5.10 Å². The molecule has 3 N–H and O–H groups in total. The minimum atomic E-state index is -0.866. The minimum absolute atomic E-state index is 0.271. The van der Waals surface area contributed by atoms with Crippen LogP contribution in [0.1, 0.15) is 18.9 Å². The molecule has 3 amide bonds. The first kappa shape index (κ1) is 25.0. The van der Waals surface area contributed by atoms with Crippen LogP contribution in [0.5, 0.6) is 11.5 Å². The molecule has 0 fully saturated rings. The van der Waals surface area contributed by atoms with Gasteiger partial charge in [-0.2, -0.15) is 5.10 Å². The summed E-state index contributed by atoms with van der Waals surface area (Å²) in [5, 5.41) is 9.54. The first-order valence-corrected chi connectivity index (χ1v) is 10.3. The third-order valence-electron chi connectivity index (χ3n) is 3.87. The Morgan fingerprint density at radius 3 is 2.50 bits per heavy atom. The number of halogens is 2. The molecule has 11 heteroatoms. The van der Waals surface area contributed by atoms with Crippen molar-refractivity contribution in [2.75, 3.05) is 25.6 Å². The molecule has 32 heavy (non-hydrogen) atoms. The van der Waals surface area contributed by atoms with Crippen LogP contribution in [0.3, 0.4) is 0 Å². The molecule has 2 rings (SSSR count). The lowest BCUT2D eigenvalue weighted by atomic mass is 10.2. The van der Waals surface area contributed by atoms with Gasteiger partial charge in [0.05, 0.1) is 23.4 Å². The molecule has 0 aliphatic heterocycles. The van der Waals surface area contributed by atoms with Crippen molar-refractivity contribution in [1.29, 1.82) is 0 Å². The molecule has 0 aliphatic carbocycles. The van der Waals surface area contributed by atoms with E-state index in [0.29, 0.717) is 45.8 Å². The number of nitrogens with one attached hydrogen (secondary N) is 3. The fraction of sp³-hybridized carbons (Fsp3) is 0.238. The average Bonchev–Trinajstić information content (AvgIpc) is 2.78. The highest BCUT2D eigenvalue weighted by Gasteiger charge is 2.12. The predicted octanol–water partition coefficient (Wildman–Crippen LogP) is 3.00. The lowest BCUT2D eigenvalue weighted by Gasteiger charge is -2.11. The van der Waals surface area contributed by atoms with Gasteiger partial charge in [-0.25, -0.2) is 5.43 Å². The summed E-state index contributed by atoms with van der Waals surface area (Å²) < 4.78 is 10.8. The highest BCUT2D eigenvalue weighted by atomic mass is 35.5. The number of ether oxygens (including phenoxy) is 2. The number of nitrogens with zero attached hydrogens (tertiary/aromatic N) is 1. The normalized spacial score (nSPS) is 10.5. The Hall–Kier alpha value is -3.30. The Bertz CT molecular complexity index is 1010. The number of anilines is 1. The zero-order valence-corrected chi connectivity index (χ0v) is 18.9. The van der Waals surface area contributed by atoms with Crippen molar-refractivity contribution in [3.8, 4) is 11.5 Å². The molecule has 0 heterocycles. The molecular formula is C21H22Cl2N4O5. The van der Waals surface area contributed by atoms with Crippen LogP contribution in [-0.2, 0) is 14.4 Å². The smallest absolute Gasteiger partial charge is 0.329 e. The summed E-state index contributed by atoms with van der Waals surface area (Å²) in [6.45, 7) is 2.01. The molecule has 0 saturated heterocycles. The van der Waals surface area contributed by atoms with Gasteiger partial charge < -0.3 is 20.1 Å². The molecule has 0 atom stereocenters. The minimum Gasteiger partial charge on any atom is -0.493 e. The van der Waals surface area contributed by atoms with Gasteiger partial charge in [0.15, 0.2) is 18.1 Å². The summed E-state index contributed by atoms with van der Waals surface area (Å²) in [4.78, 5) is 35.2. The van der Waals surface area contributed by atoms with Crippen LogP contribution in [0.15, 0.2) is 41.5 Å². The lowest BCUT2D eigenvalue weighted by molar-refractivity contribution is -0.139. The zero-order valence-electron chi connectivity index (χ0n) is 17.4. The van der Waals surface area contributed by atoms with E-state index >= 15 is 0 Å². The number of amides is 3. The Kier molecular flexibility index (Phi) is 9.77. The van der Waals surface area contributed by atoms with Gasteiger partial charge in [0.1, 0.15) is 0 Å². The summed E-state index contributed by atoms with van der Waals surface area (Å²) in [7, 11) is 1.44. The maximum Gasteiger partial charge on any atom is 0.329 e. The van der Waals surface area contributed by atoms with Crippen LogP contribution in [-0.4, -0.2) is 44.2 Å². The Balaban J connectivity index is 1.92. The van der Waals surface area contributed by atoms with Crippen molar-refractivity contribution >= 4 is 52.8 Å². The molecule has 2 aromatic rings. The standard InChI is InChI=1S/C21H22Cl2N4O5/c1-3-8-24-20(29)21(30)27-25-11-13-4-7-17(18(9-13)31-2)32-12-19(28)26-14-5-6-15(22)16(23)10-14/h4-7,9-11H,3,8,12H2,1-2H3,(H,24,29)(H,26,28)(H,27,30)/b25-11-. The van der Waals surface area contributed by atoms with Crippen molar-refractivity contribution in [1.82, 2.24) is 10.7 Å². The van der Waals surface area contributed by atoms with E-state index in [2.05, 4.69) is 21.2 Å². The molecule has 9 nitrogen and oxygen atoms in total. The van der Waals surface area contributed by atoms with Gasteiger partial charge in [-0.15, -0.1) is 0 Å². The number of carbonyl (C=O) groups is 3. The lowest BCUT2D eigenvalue weighted by Crippen LogP contribution is -2.38. The molecular weight excluding hydrogens is 459 g/mol. The largest absolute Gasteiger partial charge is 0.493 e. The number of hydrazone groups is 1. The van der Waals surface area contributed by atoms with Gasteiger partial charge in [-0.1, -0.05) is 30.1 Å². The van der Waals surface area contributed by atoms with E-state index in [1.54, 1.807) is 30.3 Å². The first-order valence-electron chi connectivity index (χ1n) is 9.51. The summed E-state index contributed by atoms with van der Waals surface area (Å²) in [6, 6.07) is 9.54. The van der Waals surface area contributed by atoms with Gasteiger partial charge in [-0.3, -0.25) is 14.4 Å². The van der Waals surface area contributed by atoms with Crippen molar-refractivity contribution in [3.63, 3.8) is 0 Å². The highest BCUT2D eigenvalue weighted by Crippen LogP contribution is 2.28. The number of methoxy groups -OCH3 is 1. The van der Waals surface area contributed by atoms with E-state index in [0.717, 1.165) is 0 Å². The number of hydrogen-bond donors (Lipinski definition) is 3. The van der Waals surface area contributed by atoms with Crippen molar-refractivity contribution in [3.05, 3.63) is 52.0 Å². The maximum absolute atomic E-state index is 12.1. The highest BCUT2D eigenvalue weighted by molar-refractivity contribution is 6.42. The molecule has 0 saturated carbocycles. The van der Waals surface area contributed by atoms with Crippen molar-refractivity contribution < 1.29 is 23.9 Å². The average molecular weight is 481 g/mol. The summed E-state index contributed by atoms with van der Waals surface area (Å²) in [6.07, 6.45) is 2.06. The third-order valence-corrected chi connectivity index (χ3v) is 4.61. The maximum atomic E-state index is 12.1. The van der Waals surface area contributed by atoms with Gasteiger partial charge >= 0.3 is 11.8 Å². The van der Waals surface area contributed by atoms with E-state index in [9.17, 15) is 14.4 Å². The fourth-order valence-corrected chi connectivity index (χ4v) is 2.63. The van der Waals surface area contributed by atoms with E-state index < -0.39 is 17.7 Å². The summed E-state index contributed by atoms with van der Waals surface area (Å²) >= 11 is 11.8. The Morgan fingerprint density at radius 1 is 1.03 bits per heavy atom. The van der Waals surface area contributed by atoms with Gasteiger partial charge in [0.25, 0.3) is 5.91 Å². The molecule has 0 unspecified atom stereocenters. The van der Waals surface area contributed by atoms with Gasteiger partial charge in [-0.05, 0) is 48.4 Å². The van der Waals surface area contributed by atoms with E-state index in [-0.39, 0.29) is 6.61 Å². The molecule has 0 aromatic heterocycles. The van der Waals surface area contributed by atoms with Crippen LogP contribution in [0.2, 0.25) is 10.0 Å². The molecule has 0 spiro atoms. The second kappa shape index (κ2) is 12.5. The molecule has 0 aliphatic rings. The van der Waals surface area contributed by atoms with E-state index in [1.807, 2.05) is 6.92 Å². The van der Waals surface area contributed by atoms with Crippen LogP contribution in [0, 0.1) is 0 Å². The van der Waals surface area contributed by atoms with Crippen molar-refractivity contribution in [2.45, 2.75) is 13.3 Å². The van der Waals surface area contributed by atoms with E-state index in [1.165, 1.54) is 19.4 Å². The number of rotatable bonds is 9. The third kappa shape index (κ3) is 7.75. The SMILES string of the molecule is CCCNC(=O)C(=O)N/N=C\c1ccc(OCC(=O)Nc2ccc(Cl)c(Cl)c2)c(OC)c1. The predicted molar refractivity (Wildman–Crippen MR) is 123 cm³/mol. The molecule has 0 bridgehead atoms. The second-order valence-electron chi connectivity index (χ2n) is 6.33. The molecule has 170 valence electrons. The first-order chi connectivity index (χ1) is 15.3. The van der Waals surface area contributed by atoms with Crippen LogP contribution in [0.25, 0.3) is 0 Å². The zero-order chi connectivity index (χ0) is 23.5. The van der Waals surface area contributed by atoms with Crippen LogP contribution < -0.4 is 25.5 Å². The van der Waals surface area contributed by atoms with E-state index in [4.69, 9.17) is 32.7 Å². The summed E-state index contributed by atoms with van der Waals surface area (Å²) in [5.74, 6) is -1.35. The summed E-state index contributed by atoms with van der Waals surface area (Å²) in [5.41, 5.74) is 3.19. The monoisotopic (exact) mass is 480 g/mol. The van der Waals surface area contributed by atoms with Crippen LogP contribution in [0.4, 0.5) is 5.69 Å². The number of hydrogen-bond acceptors (Lipinski definition) is 6. The fourth-order valence-electron chi connectivity index (χ4n) is 2.33. The quantitative estimate of drug-likeness (QED) is 0.289. The number of benzene rings is 2. The Morgan fingerprint density at radius 2 is 1.81 bits per heavy atom. The molecule has 0 radical (unpaired) electrons.